The molecule has 0 N–H and O–H groups in total. The quantitative estimate of drug-likeness (QED) is 0.740. The van der Waals surface area contributed by atoms with Gasteiger partial charge in [0.2, 0.25) is 5.91 Å². The first kappa shape index (κ1) is 18.8. The number of anilines is 2. The van der Waals surface area contributed by atoms with Crippen LogP contribution in [0.25, 0.3) is 0 Å². The van der Waals surface area contributed by atoms with E-state index in [2.05, 4.69) is 9.80 Å². The molecule has 146 valence electrons. The molecule has 0 radical (unpaired) electrons. The molecule has 4 rings (SSSR count). The number of rotatable bonds is 4. The number of carbonyl (C=O) groups excluding carboxylic acids is 2. The Kier molecular flexibility index (Phi) is 5.24. The summed E-state index contributed by atoms with van der Waals surface area (Å²) in [7, 11) is 1.65. The molecule has 0 aliphatic carbocycles. The molecule has 6 nitrogen and oxygen atoms in total. The second-order valence-electron chi connectivity index (χ2n) is 6.99. The van der Waals surface area contributed by atoms with Gasteiger partial charge in [0.15, 0.2) is 0 Å². The normalized spacial score (nSPS) is 20.7. The molecule has 28 heavy (non-hydrogen) atoms. The molecule has 2 aliphatic rings. The van der Waals surface area contributed by atoms with E-state index >= 15 is 0 Å². The van der Waals surface area contributed by atoms with E-state index in [0.29, 0.717) is 10.7 Å². The maximum Gasteiger partial charge on any atom is 0.251 e. The average molecular weight is 400 g/mol. The summed E-state index contributed by atoms with van der Waals surface area (Å²) in [5.74, 6) is 0.499. The maximum atomic E-state index is 12.9. The Labute approximate surface area is 169 Å². The van der Waals surface area contributed by atoms with E-state index in [4.69, 9.17) is 16.3 Å². The van der Waals surface area contributed by atoms with E-state index in [1.807, 2.05) is 24.3 Å². The number of hydrogen-bond donors (Lipinski definition) is 0. The highest BCUT2D eigenvalue weighted by molar-refractivity contribution is 6.31. The lowest BCUT2D eigenvalue weighted by Crippen LogP contribution is -2.52. The summed E-state index contributed by atoms with van der Waals surface area (Å²) in [6.07, 6.45) is 0.216. The number of methoxy groups -OCH3 is 1. The van der Waals surface area contributed by atoms with Gasteiger partial charge in [-0.1, -0.05) is 17.7 Å². The minimum Gasteiger partial charge on any atom is -0.497 e. The number of benzene rings is 2. The monoisotopic (exact) mass is 399 g/mol. The van der Waals surface area contributed by atoms with Gasteiger partial charge in [0.05, 0.1) is 25.3 Å². The number of nitrogens with zero attached hydrogens (tertiary/aromatic N) is 3. The molecule has 2 heterocycles. The van der Waals surface area contributed by atoms with Crippen LogP contribution in [0.3, 0.4) is 0 Å². The maximum absolute atomic E-state index is 12.9. The van der Waals surface area contributed by atoms with Crippen molar-refractivity contribution in [2.75, 3.05) is 43.1 Å². The second-order valence-corrected chi connectivity index (χ2v) is 7.42. The van der Waals surface area contributed by atoms with Crippen molar-refractivity contribution in [3.8, 4) is 5.75 Å². The highest BCUT2D eigenvalue weighted by Crippen LogP contribution is 2.29. The molecule has 2 amide bonds. The lowest BCUT2D eigenvalue weighted by Gasteiger charge is -2.38. The smallest absolute Gasteiger partial charge is 0.251 e. The molecule has 2 saturated heterocycles. The van der Waals surface area contributed by atoms with Gasteiger partial charge in [0.25, 0.3) is 5.91 Å². The molecular weight excluding hydrogens is 378 g/mol. The van der Waals surface area contributed by atoms with Crippen molar-refractivity contribution < 1.29 is 14.3 Å². The Bertz CT molecular complexity index is 879. The molecular formula is C21H22ClN3O3. The van der Waals surface area contributed by atoms with E-state index < -0.39 is 6.04 Å². The Morgan fingerprint density at radius 1 is 0.964 bits per heavy atom. The van der Waals surface area contributed by atoms with Gasteiger partial charge in [-0.3, -0.25) is 14.5 Å². The fourth-order valence-electron chi connectivity index (χ4n) is 3.87. The summed E-state index contributed by atoms with van der Waals surface area (Å²) in [5, 5.41) is 0.509. The predicted octanol–water partition coefficient (Wildman–Crippen LogP) is 2.80. The Morgan fingerprint density at radius 2 is 1.68 bits per heavy atom. The number of imide groups is 1. The van der Waals surface area contributed by atoms with E-state index in [-0.39, 0.29) is 18.2 Å². The first-order valence-electron chi connectivity index (χ1n) is 9.32. The zero-order valence-corrected chi connectivity index (χ0v) is 16.4. The third kappa shape index (κ3) is 3.57. The second kappa shape index (κ2) is 7.81. The van der Waals surface area contributed by atoms with Gasteiger partial charge in [-0.05, 0) is 42.5 Å². The highest BCUT2D eigenvalue weighted by Gasteiger charge is 2.43. The molecule has 1 unspecified atom stereocenters. The van der Waals surface area contributed by atoms with Crippen LogP contribution in [0, 0.1) is 0 Å². The van der Waals surface area contributed by atoms with E-state index in [1.54, 1.807) is 31.4 Å². The number of ether oxygens (including phenoxy) is 1. The highest BCUT2D eigenvalue weighted by atomic mass is 35.5. The molecule has 0 aromatic heterocycles. The Balaban J connectivity index is 1.42. The molecule has 0 spiro atoms. The van der Waals surface area contributed by atoms with Gasteiger partial charge in [0, 0.05) is 36.9 Å². The summed E-state index contributed by atoms with van der Waals surface area (Å²) in [5.41, 5.74) is 1.68. The lowest BCUT2D eigenvalue weighted by atomic mass is 10.1. The molecule has 0 saturated carbocycles. The van der Waals surface area contributed by atoms with Crippen LogP contribution in [0.5, 0.6) is 5.75 Å². The fraction of sp³-hybridized carbons (Fsp3) is 0.333. The fourth-order valence-corrected chi connectivity index (χ4v) is 4.06. The van der Waals surface area contributed by atoms with Crippen LogP contribution in [-0.4, -0.2) is 56.0 Å². The largest absolute Gasteiger partial charge is 0.497 e. The number of halogens is 1. The predicted molar refractivity (Wildman–Crippen MR) is 109 cm³/mol. The van der Waals surface area contributed by atoms with Crippen molar-refractivity contribution in [2.45, 2.75) is 12.5 Å². The summed E-state index contributed by atoms with van der Waals surface area (Å²) in [4.78, 5) is 31.1. The summed E-state index contributed by atoms with van der Waals surface area (Å²) in [6, 6.07) is 14.5. The summed E-state index contributed by atoms with van der Waals surface area (Å²) >= 11 is 6.02. The van der Waals surface area contributed by atoms with Crippen LogP contribution in [0.2, 0.25) is 5.02 Å². The van der Waals surface area contributed by atoms with Gasteiger partial charge < -0.3 is 9.64 Å². The van der Waals surface area contributed by atoms with Crippen LogP contribution < -0.4 is 14.5 Å². The Morgan fingerprint density at radius 3 is 2.32 bits per heavy atom. The van der Waals surface area contributed by atoms with Crippen LogP contribution >= 0.6 is 11.6 Å². The molecule has 0 bridgehead atoms. The van der Waals surface area contributed by atoms with Crippen molar-refractivity contribution in [3.05, 3.63) is 53.6 Å². The number of piperazine rings is 1. The van der Waals surface area contributed by atoms with Crippen LogP contribution in [0.15, 0.2) is 48.5 Å². The van der Waals surface area contributed by atoms with Crippen LogP contribution in [-0.2, 0) is 9.59 Å². The van der Waals surface area contributed by atoms with E-state index in [1.165, 1.54) is 4.90 Å². The minimum absolute atomic E-state index is 0.162. The van der Waals surface area contributed by atoms with Gasteiger partial charge >= 0.3 is 0 Å². The average Bonchev–Trinajstić information content (AvgIpc) is 3.02. The lowest BCUT2D eigenvalue weighted by molar-refractivity contribution is -0.123. The number of amides is 2. The van der Waals surface area contributed by atoms with Gasteiger partial charge in [-0.15, -0.1) is 0 Å². The standard InChI is InChI=1S/C21H22ClN3O3/c1-28-18-7-5-16(6-8-18)23-9-11-24(12-10-23)19-14-20(26)25(21(19)27)17-4-2-3-15(22)13-17/h2-8,13,19H,9-12,14H2,1H3. The molecule has 2 aromatic carbocycles. The topological polar surface area (TPSA) is 53.1 Å². The SMILES string of the molecule is COc1ccc(N2CCN(C3CC(=O)N(c4cccc(Cl)c4)C3=O)CC2)cc1. The van der Waals surface area contributed by atoms with Gasteiger partial charge in [0.1, 0.15) is 5.75 Å². The van der Waals surface area contributed by atoms with Crippen LogP contribution in [0.4, 0.5) is 11.4 Å². The molecule has 2 aromatic rings. The third-order valence-electron chi connectivity index (χ3n) is 5.38. The molecule has 2 aliphatic heterocycles. The molecule has 2 fully saturated rings. The van der Waals surface area contributed by atoms with Crippen molar-refractivity contribution in [1.29, 1.82) is 0 Å². The van der Waals surface area contributed by atoms with Crippen molar-refractivity contribution >= 4 is 34.8 Å². The molecule has 7 heteroatoms. The third-order valence-corrected chi connectivity index (χ3v) is 5.62. The number of carbonyl (C=O) groups is 2. The van der Waals surface area contributed by atoms with Crippen molar-refractivity contribution in [1.82, 2.24) is 4.90 Å². The summed E-state index contributed by atoms with van der Waals surface area (Å²) < 4.78 is 5.21. The van der Waals surface area contributed by atoms with Crippen molar-refractivity contribution in [3.63, 3.8) is 0 Å². The number of hydrogen-bond acceptors (Lipinski definition) is 5. The van der Waals surface area contributed by atoms with E-state index in [0.717, 1.165) is 37.6 Å². The van der Waals surface area contributed by atoms with Gasteiger partial charge in [-0.25, -0.2) is 4.90 Å². The Hall–Kier alpha value is -2.57. The zero-order chi connectivity index (χ0) is 19.7. The first-order chi connectivity index (χ1) is 13.6. The van der Waals surface area contributed by atoms with E-state index in [9.17, 15) is 9.59 Å². The van der Waals surface area contributed by atoms with Crippen LogP contribution in [0.1, 0.15) is 6.42 Å². The zero-order valence-electron chi connectivity index (χ0n) is 15.7. The van der Waals surface area contributed by atoms with Gasteiger partial charge in [-0.2, -0.15) is 0 Å². The minimum atomic E-state index is -0.399. The molecule has 1 atom stereocenters. The van der Waals surface area contributed by atoms with Crippen molar-refractivity contribution in [2.24, 2.45) is 0 Å². The summed E-state index contributed by atoms with van der Waals surface area (Å²) in [6.45, 7) is 3.08. The first-order valence-corrected chi connectivity index (χ1v) is 9.70.